The van der Waals surface area contributed by atoms with Crippen LogP contribution in [0.5, 0.6) is 0 Å². The second-order valence-electron chi connectivity index (χ2n) is 4.42. The van der Waals surface area contributed by atoms with Gasteiger partial charge < -0.3 is 15.4 Å². The monoisotopic (exact) mass is 288 g/mol. The summed E-state index contributed by atoms with van der Waals surface area (Å²) in [4.78, 5) is 21.8. The van der Waals surface area contributed by atoms with E-state index in [0.717, 1.165) is 0 Å². The molecule has 0 aromatic heterocycles. The van der Waals surface area contributed by atoms with Crippen LogP contribution in [0.4, 0.5) is 24.5 Å². The van der Waals surface area contributed by atoms with Crippen molar-refractivity contribution >= 4 is 23.6 Å². The normalized spacial score (nSPS) is 11.3. The molecule has 0 unspecified atom stereocenters. The van der Waals surface area contributed by atoms with Crippen LogP contribution in [0.2, 0.25) is 0 Å². The van der Waals surface area contributed by atoms with E-state index in [1.54, 1.807) is 13.8 Å². The number of halogens is 3. The Bertz CT molecular complexity index is 499. The average molecular weight is 288 g/mol. The number of aldehydes is 1. The van der Waals surface area contributed by atoms with Gasteiger partial charge in [-0.05, 0) is 12.1 Å². The molecule has 0 fully saturated rings. The highest BCUT2D eigenvalue weighted by Crippen LogP contribution is 2.40. The number of nitrogens with one attached hydrogen (secondary N) is 2. The van der Waals surface area contributed by atoms with Crippen molar-refractivity contribution in [3.8, 4) is 0 Å². The number of rotatable bonds is 5. The molecular weight excluding hydrogens is 273 g/mol. The second-order valence-corrected chi connectivity index (χ2v) is 4.42. The molecule has 0 aliphatic rings. The third kappa shape index (κ3) is 3.97. The quantitative estimate of drug-likeness (QED) is 0.819. The van der Waals surface area contributed by atoms with Gasteiger partial charge >= 0.3 is 6.18 Å². The first kappa shape index (κ1) is 16.0. The lowest BCUT2D eigenvalue weighted by Crippen LogP contribution is -2.22. The Hall–Kier alpha value is -2.05. The molecule has 0 spiro atoms. The first-order chi connectivity index (χ1) is 9.27. The standard InChI is InChI=1S/C13H15F3N2O2/c1-8(2)12(20)18-10-5-3-4-9(17-6-7-19)11(10)13(14,15)16/h3-5,7-8,17H,6H2,1-2H3,(H,18,20). The smallest absolute Gasteiger partial charge is 0.378 e. The number of hydrogen-bond acceptors (Lipinski definition) is 3. The fraction of sp³-hybridized carbons (Fsp3) is 0.385. The summed E-state index contributed by atoms with van der Waals surface area (Å²) < 4.78 is 39.3. The van der Waals surface area contributed by atoms with Crippen LogP contribution in [-0.2, 0) is 15.8 Å². The number of carbonyl (C=O) groups excluding carboxylic acids is 2. The van der Waals surface area contributed by atoms with Crippen molar-refractivity contribution in [3.05, 3.63) is 23.8 Å². The number of benzene rings is 1. The molecule has 1 aromatic carbocycles. The van der Waals surface area contributed by atoms with Gasteiger partial charge in [0.1, 0.15) is 11.8 Å². The van der Waals surface area contributed by atoms with Gasteiger partial charge in [0, 0.05) is 11.6 Å². The fourth-order valence-electron chi connectivity index (χ4n) is 1.54. The van der Waals surface area contributed by atoms with Crippen molar-refractivity contribution in [2.75, 3.05) is 17.2 Å². The zero-order chi connectivity index (χ0) is 15.3. The molecule has 0 bridgehead atoms. The van der Waals surface area contributed by atoms with Gasteiger partial charge in [-0.3, -0.25) is 4.79 Å². The third-order valence-corrected chi connectivity index (χ3v) is 2.51. The van der Waals surface area contributed by atoms with Crippen LogP contribution in [0.25, 0.3) is 0 Å². The molecule has 7 heteroatoms. The maximum absolute atomic E-state index is 13.1. The van der Waals surface area contributed by atoms with Crippen LogP contribution in [0, 0.1) is 5.92 Å². The molecule has 110 valence electrons. The molecule has 0 aliphatic carbocycles. The van der Waals surface area contributed by atoms with Crippen LogP contribution >= 0.6 is 0 Å². The number of anilines is 2. The SMILES string of the molecule is CC(C)C(=O)Nc1cccc(NCC=O)c1C(F)(F)F. The first-order valence-electron chi connectivity index (χ1n) is 5.96. The minimum Gasteiger partial charge on any atom is -0.378 e. The molecular formula is C13H15F3N2O2. The van der Waals surface area contributed by atoms with E-state index in [0.29, 0.717) is 6.29 Å². The van der Waals surface area contributed by atoms with E-state index in [4.69, 9.17) is 0 Å². The maximum atomic E-state index is 13.1. The molecule has 1 rings (SSSR count). The Morgan fingerprint density at radius 3 is 2.40 bits per heavy atom. The molecule has 1 aromatic rings. The molecule has 0 atom stereocenters. The summed E-state index contributed by atoms with van der Waals surface area (Å²) in [5.74, 6) is -0.953. The van der Waals surface area contributed by atoms with E-state index in [9.17, 15) is 22.8 Å². The Kier molecular flexibility index (Phi) is 5.12. The van der Waals surface area contributed by atoms with E-state index < -0.39 is 23.6 Å². The van der Waals surface area contributed by atoms with Gasteiger partial charge in [0.15, 0.2) is 0 Å². The lowest BCUT2D eigenvalue weighted by molar-refractivity contribution is -0.136. The van der Waals surface area contributed by atoms with Crippen LogP contribution in [0.1, 0.15) is 19.4 Å². The molecule has 4 nitrogen and oxygen atoms in total. The molecule has 1 amide bonds. The van der Waals surface area contributed by atoms with Gasteiger partial charge in [0.2, 0.25) is 5.91 Å². The summed E-state index contributed by atoms with van der Waals surface area (Å²) in [6.07, 6.45) is -4.19. The molecule has 20 heavy (non-hydrogen) atoms. The van der Waals surface area contributed by atoms with Gasteiger partial charge in [-0.1, -0.05) is 19.9 Å². The van der Waals surface area contributed by atoms with Gasteiger partial charge in [-0.15, -0.1) is 0 Å². The fourth-order valence-corrected chi connectivity index (χ4v) is 1.54. The van der Waals surface area contributed by atoms with Crippen LogP contribution in [0.15, 0.2) is 18.2 Å². The van der Waals surface area contributed by atoms with Crippen LogP contribution < -0.4 is 10.6 Å². The van der Waals surface area contributed by atoms with Crippen molar-refractivity contribution < 1.29 is 22.8 Å². The zero-order valence-electron chi connectivity index (χ0n) is 11.0. The van der Waals surface area contributed by atoms with Crippen molar-refractivity contribution in [1.82, 2.24) is 0 Å². The summed E-state index contributed by atoms with van der Waals surface area (Å²) in [5, 5.41) is 4.62. The lowest BCUT2D eigenvalue weighted by atomic mass is 10.1. The van der Waals surface area contributed by atoms with Gasteiger partial charge in [-0.25, -0.2) is 0 Å². The minimum absolute atomic E-state index is 0.244. The van der Waals surface area contributed by atoms with Crippen molar-refractivity contribution in [2.45, 2.75) is 20.0 Å². The summed E-state index contributed by atoms with van der Waals surface area (Å²) >= 11 is 0. The molecule has 0 saturated heterocycles. The topological polar surface area (TPSA) is 58.2 Å². The molecule has 0 saturated carbocycles. The van der Waals surface area contributed by atoms with Crippen molar-refractivity contribution in [2.24, 2.45) is 5.92 Å². The number of amides is 1. The Morgan fingerprint density at radius 1 is 1.30 bits per heavy atom. The molecule has 0 aliphatic heterocycles. The highest BCUT2D eigenvalue weighted by Gasteiger charge is 2.37. The highest BCUT2D eigenvalue weighted by atomic mass is 19.4. The average Bonchev–Trinajstić information content (AvgIpc) is 2.34. The van der Waals surface area contributed by atoms with Gasteiger partial charge in [0.05, 0.1) is 12.2 Å². The summed E-state index contributed by atoms with van der Waals surface area (Å²) in [5.41, 5.74) is -1.56. The highest BCUT2D eigenvalue weighted by molar-refractivity contribution is 5.94. The number of carbonyl (C=O) groups is 2. The van der Waals surface area contributed by atoms with Crippen molar-refractivity contribution in [3.63, 3.8) is 0 Å². The van der Waals surface area contributed by atoms with E-state index in [2.05, 4.69) is 10.6 Å². The predicted octanol–water partition coefficient (Wildman–Crippen LogP) is 2.91. The van der Waals surface area contributed by atoms with Crippen molar-refractivity contribution in [1.29, 1.82) is 0 Å². The molecule has 0 heterocycles. The third-order valence-electron chi connectivity index (χ3n) is 2.51. The summed E-state index contributed by atoms with van der Waals surface area (Å²) in [7, 11) is 0. The first-order valence-corrected chi connectivity index (χ1v) is 5.96. The van der Waals surface area contributed by atoms with Gasteiger partial charge in [0.25, 0.3) is 0 Å². The van der Waals surface area contributed by atoms with E-state index in [1.807, 2.05) is 0 Å². The number of alkyl halides is 3. The van der Waals surface area contributed by atoms with Gasteiger partial charge in [-0.2, -0.15) is 13.2 Å². The largest absolute Gasteiger partial charge is 0.420 e. The number of hydrogen-bond donors (Lipinski definition) is 2. The minimum atomic E-state index is -4.65. The van der Waals surface area contributed by atoms with E-state index in [-0.39, 0.29) is 17.9 Å². The Morgan fingerprint density at radius 2 is 1.90 bits per heavy atom. The maximum Gasteiger partial charge on any atom is 0.420 e. The Labute approximate surface area is 114 Å². The van der Waals surface area contributed by atoms with E-state index in [1.165, 1.54) is 18.2 Å². The lowest BCUT2D eigenvalue weighted by Gasteiger charge is -2.18. The molecule has 0 radical (unpaired) electrons. The summed E-state index contributed by atoms with van der Waals surface area (Å²) in [6, 6.07) is 3.75. The second kappa shape index (κ2) is 6.40. The summed E-state index contributed by atoms with van der Waals surface area (Å²) in [6.45, 7) is 2.92. The molecule has 2 N–H and O–H groups in total. The van der Waals surface area contributed by atoms with E-state index >= 15 is 0 Å². The van der Waals surface area contributed by atoms with Crippen LogP contribution in [0.3, 0.4) is 0 Å². The predicted molar refractivity (Wildman–Crippen MR) is 69.5 cm³/mol. The Balaban J connectivity index is 3.22. The van der Waals surface area contributed by atoms with Crippen LogP contribution in [-0.4, -0.2) is 18.7 Å². The zero-order valence-corrected chi connectivity index (χ0v) is 11.0.